The summed E-state index contributed by atoms with van der Waals surface area (Å²) in [5, 5.41) is 4.09. The van der Waals surface area contributed by atoms with Crippen LogP contribution in [0.15, 0.2) is 29.3 Å². The molecule has 3 rings (SSSR count). The van der Waals surface area contributed by atoms with Crippen molar-refractivity contribution in [2.75, 3.05) is 64.3 Å². The van der Waals surface area contributed by atoms with E-state index in [2.05, 4.69) is 26.2 Å². The number of hydrogen-bond acceptors (Lipinski definition) is 3. The van der Waals surface area contributed by atoms with E-state index in [1.807, 2.05) is 18.2 Å². The molecule has 2 fully saturated rings. The van der Waals surface area contributed by atoms with Crippen molar-refractivity contribution < 1.29 is 13.2 Å². The zero-order valence-electron chi connectivity index (χ0n) is 16.1. The first-order valence-electron chi connectivity index (χ1n) is 9.59. The number of benzene rings is 1. The van der Waals surface area contributed by atoms with Crippen LogP contribution in [0, 0.1) is 5.92 Å². The summed E-state index contributed by atoms with van der Waals surface area (Å²) >= 11 is 6.08. The van der Waals surface area contributed by atoms with Crippen LogP contribution in [-0.2, 0) is 0 Å². The summed E-state index contributed by atoms with van der Waals surface area (Å²) < 4.78 is 37.6. The summed E-state index contributed by atoms with van der Waals surface area (Å²) in [6, 6.07) is 7.85. The topological polar surface area (TPSA) is 34.1 Å². The summed E-state index contributed by atoms with van der Waals surface area (Å²) in [6.07, 6.45) is -3.34. The molecular formula is C19H27ClF3N5. The monoisotopic (exact) mass is 417 g/mol. The summed E-state index contributed by atoms with van der Waals surface area (Å²) in [4.78, 5) is 10.3. The minimum atomic E-state index is -4.12. The van der Waals surface area contributed by atoms with Gasteiger partial charge in [0.05, 0.1) is 6.54 Å². The van der Waals surface area contributed by atoms with Gasteiger partial charge in [-0.2, -0.15) is 13.2 Å². The fourth-order valence-corrected chi connectivity index (χ4v) is 4.08. The summed E-state index contributed by atoms with van der Waals surface area (Å²) in [5.74, 6) is 1.03. The molecule has 0 saturated carbocycles. The Morgan fingerprint density at radius 3 is 2.61 bits per heavy atom. The number of alkyl halides is 3. The van der Waals surface area contributed by atoms with Gasteiger partial charge < -0.3 is 15.1 Å². The van der Waals surface area contributed by atoms with Gasteiger partial charge in [0.2, 0.25) is 0 Å². The molecule has 9 heteroatoms. The lowest BCUT2D eigenvalue weighted by Gasteiger charge is -2.38. The number of nitrogens with one attached hydrogen (secondary N) is 1. The summed E-state index contributed by atoms with van der Waals surface area (Å²) in [7, 11) is 1.75. The number of halogens is 4. The van der Waals surface area contributed by atoms with Crippen molar-refractivity contribution in [2.45, 2.75) is 12.6 Å². The minimum absolute atomic E-state index is 0.215. The second kappa shape index (κ2) is 9.22. The zero-order chi connectivity index (χ0) is 20.1. The molecule has 1 atom stereocenters. The maximum atomic E-state index is 12.5. The van der Waals surface area contributed by atoms with Crippen LogP contribution in [0.1, 0.15) is 6.42 Å². The number of nitrogens with zero attached hydrogens (tertiary/aromatic N) is 4. The van der Waals surface area contributed by atoms with Crippen molar-refractivity contribution in [1.29, 1.82) is 0 Å². The van der Waals surface area contributed by atoms with Crippen LogP contribution in [0.3, 0.4) is 0 Å². The van der Waals surface area contributed by atoms with Gasteiger partial charge in [-0.1, -0.05) is 17.7 Å². The van der Waals surface area contributed by atoms with Gasteiger partial charge in [-0.15, -0.1) is 0 Å². The lowest BCUT2D eigenvalue weighted by Crippen LogP contribution is -2.53. The Morgan fingerprint density at radius 2 is 1.96 bits per heavy atom. The number of anilines is 1. The van der Waals surface area contributed by atoms with E-state index in [0.717, 1.165) is 49.3 Å². The third-order valence-electron chi connectivity index (χ3n) is 5.29. The highest BCUT2D eigenvalue weighted by Gasteiger charge is 2.34. The smallest absolute Gasteiger partial charge is 0.368 e. The molecule has 1 aromatic carbocycles. The lowest BCUT2D eigenvalue weighted by atomic mass is 10.1. The van der Waals surface area contributed by atoms with E-state index in [0.29, 0.717) is 19.6 Å². The molecule has 0 amide bonds. The summed E-state index contributed by atoms with van der Waals surface area (Å²) in [5.41, 5.74) is 1.12. The van der Waals surface area contributed by atoms with Crippen molar-refractivity contribution in [3.63, 3.8) is 0 Å². The van der Waals surface area contributed by atoms with E-state index in [1.165, 1.54) is 4.90 Å². The molecule has 0 radical (unpaired) electrons. The number of rotatable bonds is 4. The molecule has 0 aromatic heterocycles. The van der Waals surface area contributed by atoms with Gasteiger partial charge in [0.25, 0.3) is 0 Å². The Morgan fingerprint density at radius 1 is 1.21 bits per heavy atom. The Hall–Kier alpha value is -1.67. The van der Waals surface area contributed by atoms with Crippen molar-refractivity contribution in [3.05, 3.63) is 29.3 Å². The molecule has 1 aromatic rings. The van der Waals surface area contributed by atoms with Crippen LogP contribution >= 0.6 is 11.6 Å². The number of guanidine groups is 1. The highest BCUT2D eigenvalue weighted by atomic mass is 35.5. The maximum absolute atomic E-state index is 12.5. The fourth-order valence-electron chi connectivity index (χ4n) is 3.89. The van der Waals surface area contributed by atoms with Crippen molar-refractivity contribution >= 4 is 23.2 Å². The third kappa shape index (κ3) is 5.91. The van der Waals surface area contributed by atoms with Gasteiger partial charge in [-0.3, -0.25) is 9.89 Å². The summed E-state index contributed by atoms with van der Waals surface area (Å²) in [6.45, 7) is 4.20. The van der Waals surface area contributed by atoms with Gasteiger partial charge >= 0.3 is 6.18 Å². The fraction of sp³-hybridized carbons (Fsp3) is 0.632. The van der Waals surface area contributed by atoms with E-state index in [9.17, 15) is 13.2 Å². The molecule has 0 bridgehead atoms. The van der Waals surface area contributed by atoms with Gasteiger partial charge in [-0.05, 0) is 37.1 Å². The number of aliphatic imine (C=N–C) groups is 1. The van der Waals surface area contributed by atoms with E-state index in [-0.39, 0.29) is 5.92 Å². The predicted octanol–water partition coefficient (Wildman–Crippen LogP) is 2.92. The molecular weight excluding hydrogens is 391 g/mol. The molecule has 1 N–H and O–H groups in total. The first-order chi connectivity index (χ1) is 13.3. The highest BCUT2D eigenvalue weighted by molar-refractivity contribution is 6.30. The first kappa shape index (κ1) is 21.0. The average molecular weight is 418 g/mol. The maximum Gasteiger partial charge on any atom is 0.401 e. The van der Waals surface area contributed by atoms with E-state index < -0.39 is 12.7 Å². The van der Waals surface area contributed by atoms with Crippen LogP contribution in [0.5, 0.6) is 0 Å². The minimum Gasteiger partial charge on any atom is -0.368 e. The van der Waals surface area contributed by atoms with Gasteiger partial charge in [0.1, 0.15) is 0 Å². The first-order valence-corrected chi connectivity index (χ1v) is 9.97. The predicted molar refractivity (Wildman–Crippen MR) is 107 cm³/mol. The SMILES string of the molecule is CN=C(NCC1CCN(CC(F)(F)F)C1)N1CCN(c2cccc(Cl)c2)CC1. The van der Waals surface area contributed by atoms with Crippen LogP contribution in [0.2, 0.25) is 5.02 Å². The second-order valence-electron chi connectivity index (χ2n) is 7.39. The van der Waals surface area contributed by atoms with E-state index in [1.54, 1.807) is 7.05 Å². The molecule has 28 heavy (non-hydrogen) atoms. The largest absolute Gasteiger partial charge is 0.401 e. The molecule has 1 unspecified atom stereocenters. The number of likely N-dealkylation sites (tertiary alicyclic amines) is 1. The molecule has 156 valence electrons. The Labute approximate surface area is 169 Å². The molecule has 0 spiro atoms. The Bertz CT molecular complexity index is 674. The quantitative estimate of drug-likeness (QED) is 0.603. The average Bonchev–Trinajstić information content (AvgIpc) is 3.08. The molecule has 2 heterocycles. The normalized spacial score (nSPS) is 22.0. The molecule has 2 saturated heterocycles. The lowest BCUT2D eigenvalue weighted by molar-refractivity contribution is -0.143. The van der Waals surface area contributed by atoms with Crippen molar-refractivity contribution in [2.24, 2.45) is 10.9 Å². The Kier molecular flexibility index (Phi) is 6.93. The Balaban J connectivity index is 1.44. The van der Waals surface area contributed by atoms with Crippen LogP contribution in [0.25, 0.3) is 0 Å². The molecule has 2 aliphatic heterocycles. The van der Waals surface area contributed by atoms with Gasteiger partial charge in [-0.25, -0.2) is 0 Å². The molecule has 0 aliphatic carbocycles. The van der Waals surface area contributed by atoms with Crippen LogP contribution in [0.4, 0.5) is 18.9 Å². The molecule has 5 nitrogen and oxygen atoms in total. The van der Waals surface area contributed by atoms with Crippen LogP contribution in [-0.4, -0.2) is 81.3 Å². The van der Waals surface area contributed by atoms with E-state index >= 15 is 0 Å². The molecule has 2 aliphatic rings. The van der Waals surface area contributed by atoms with Crippen molar-refractivity contribution in [3.8, 4) is 0 Å². The number of piperazine rings is 1. The van der Waals surface area contributed by atoms with Gasteiger partial charge in [0.15, 0.2) is 5.96 Å². The second-order valence-corrected chi connectivity index (χ2v) is 7.82. The highest BCUT2D eigenvalue weighted by Crippen LogP contribution is 2.23. The van der Waals surface area contributed by atoms with Crippen LogP contribution < -0.4 is 10.2 Å². The standard InChI is InChI=1S/C19H27ClF3N5/c1-24-18(25-12-15-5-6-26(13-15)14-19(21,22)23)28-9-7-27(8-10-28)17-4-2-3-16(20)11-17/h2-4,11,15H,5-10,12-14H2,1H3,(H,24,25). The third-order valence-corrected chi connectivity index (χ3v) is 5.52. The van der Waals surface area contributed by atoms with Crippen molar-refractivity contribution in [1.82, 2.24) is 15.1 Å². The van der Waals surface area contributed by atoms with Gasteiger partial charge in [0, 0.05) is 57.0 Å². The zero-order valence-corrected chi connectivity index (χ0v) is 16.8. The number of hydrogen-bond donors (Lipinski definition) is 1. The van der Waals surface area contributed by atoms with E-state index in [4.69, 9.17) is 11.6 Å².